The van der Waals surface area contributed by atoms with Gasteiger partial charge in [-0.05, 0) is 0 Å². The van der Waals surface area contributed by atoms with E-state index in [1.165, 1.54) is 13.8 Å². The first-order valence-electron chi connectivity index (χ1n) is 9.84. The summed E-state index contributed by atoms with van der Waals surface area (Å²) in [5, 5.41) is 21.7. The fourth-order valence-electron chi connectivity index (χ4n) is 3.77. The van der Waals surface area contributed by atoms with Crippen LogP contribution in [0.2, 0.25) is 3.98 Å². The quantitative estimate of drug-likeness (QED) is 0.291. The van der Waals surface area contributed by atoms with Crippen LogP contribution < -0.4 is 0 Å². The van der Waals surface area contributed by atoms with Gasteiger partial charge in [0, 0.05) is 0 Å². The van der Waals surface area contributed by atoms with Gasteiger partial charge in [-0.2, -0.15) is 0 Å². The van der Waals surface area contributed by atoms with E-state index in [-0.39, 0.29) is 46.3 Å². The molecule has 0 saturated heterocycles. The Labute approximate surface area is 195 Å². The van der Waals surface area contributed by atoms with Gasteiger partial charge < -0.3 is 0 Å². The number of ketones is 4. The maximum atomic E-state index is 12.9. The van der Waals surface area contributed by atoms with E-state index in [1.54, 1.807) is 0 Å². The molecule has 0 unspecified atom stereocenters. The molecular weight excluding hydrogens is 591 g/mol. The number of rotatable bonds is 6. The Bertz CT molecular complexity index is 1130. The van der Waals surface area contributed by atoms with Gasteiger partial charge in [-0.3, -0.25) is 0 Å². The van der Waals surface area contributed by atoms with Crippen molar-refractivity contribution in [3.63, 3.8) is 0 Å². The van der Waals surface area contributed by atoms with E-state index >= 15 is 0 Å². The zero-order chi connectivity index (χ0) is 22.9. The molecule has 1 aromatic carbocycles. The van der Waals surface area contributed by atoms with Gasteiger partial charge in [-0.15, -0.1) is 0 Å². The summed E-state index contributed by atoms with van der Waals surface area (Å²) in [6.45, 7) is 2.67. The van der Waals surface area contributed by atoms with Crippen LogP contribution in [0.15, 0.2) is 75.3 Å². The molecule has 2 aliphatic rings. The van der Waals surface area contributed by atoms with E-state index in [0.29, 0.717) is 10.4 Å². The average molecular weight is 613 g/mol. The van der Waals surface area contributed by atoms with Gasteiger partial charge in [0.25, 0.3) is 0 Å². The summed E-state index contributed by atoms with van der Waals surface area (Å²) in [5.41, 5.74) is 0.758. The number of aliphatic hydroxyl groups excluding tert-OH is 2. The molecule has 0 aromatic heterocycles. The second kappa shape index (κ2) is 9.25. The number of aliphatic hydroxyl groups is 2. The van der Waals surface area contributed by atoms with Crippen LogP contribution in [0.25, 0.3) is 0 Å². The number of carbonyl (C=O) groups is 4. The zero-order valence-electron chi connectivity index (χ0n) is 17.2. The van der Waals surface area contributed by atoms with E-state index in [1.807, 2.05) is 30.3 Å². The fraction of sp³-hybridized carbons (Fsp3) is 0.250. The number of hydrogen-bond donors (Lipinski definition) is 2. The van der Waals surface area contributed by atoms with Crippen molar-refractivity contribution >= 4 is 48.9 Å². The summed E-state index contributed by atoms with van der Waals surface area (Å²) < 4.78 is 0.646. The van der Waals surface area contributed by atoms with Crippen molar-refractivity contribution in [1.29, 1.82) is 0 Å². The SMILES string of the molecule is CC1=C(O)C(C2=C(CCc3ccccc3)C(=O)C(=O)C(C)=C2O)=C(C[CH2][Pb])C(=O)C1=O. The second-order valence-electron chi connectivity index (χ2n) is 7.46. The first-order valence-corrected chi connectivity index (χ1v) is 12.6. The molecule has 0 heterocycles. The van der Waals surface area contributed by atoms with Gasteiger partial charge in [0.15, 0.2) is 0 Å². The molecule has 0 fully saturated rings. The van der Waals surface area contributed by atoms with Crippen LogP contribution in [0.3, 0.4) is 0 Å². The third-order valence-corrected chi connectivity index (χ3v) is 6.53. The fourth-order valence-corrected chi connectivity index (χ4v) is 4.74. The van der Waals surface area contributed by atoms with Crippen molar-refractivity contribution in [3.8, 4) is 0 Å². The molecule has 2 aliphatic carbocycles. The van der Waals surface area contributed by atoms with Crippen LogP contribution in [-0.4, -0.2) is 59.1 Å². The molecule has 0 aliphatic heterocycles. The molecule has 0 atom stereocenters. The average Bonchev–Trinajstić information content (AvgIpc) is 2.78. The van der Waals surface area contributed by atoms with Crippen molar-refractivity contribution in [1.82, 2.24) is 0 Å². The van der Waals surface area contributed by atoms with Crippen molar-refractivity contribution < 1.29 is 29.4 Å². The number of hydrogen-bond acceptors (Lipinski definition) is 6. The Balaban J connectivity index is 2.28. The Morgan fingerprint density at radius 1 is 0.677 bits per heavy atom. The van der Waals surface area contributed by atoms with E-state index in [4.69, 9.17) is 0 Å². The second-order valence-corrected chi connectivity index (χ2v) is 9.40. The van der Waals surface area contributed by atoms with Crippen molar-refractivity contribution in [2.75, 3.05) is 0 Å². The van der Waals surface area contributed by atoms with E-state index in [9.17, 15) is 29.4 Å². The van der Waals surface area contributed by atoms with E-state index in [2.05, 4.69) is 0 Å². The number of allylic oxidation sites excluding steroid dienone is 6. The van der Waals surface area contributed by atoms with E-state index < -0.39 is 34.7 Å². The monoisotopic (exact) mass is 613 g/mol. The third kappa shape index (κ3) is 4.13. The molecule has 7 heteroatoms. The summed E-state index contributed by atoms with van der Waals surface area (Å²) >= 11 is 0.755. The predicted octanol–water partition coefficient (Wildman–Crippen LogP) is 3.16. The molecule has 0 amide bonds. The number of carbonyl (C=O) groups excluding carboxylic acids is 4. The number of Topliss-reactive ketones (excluding diaryl/α,β-unsaturated/α-hetero) is 4. The van der Waals surface area contributed by atoms with Crippen molar-refractivity contribution in [3.05, 3.63) is 80.9 Å². The summed E-state index contributed by atoms with van der Waals surface area (Å²) in [6, 6.07) is 9.34. The molecule has 3 rings (SSSR count). The van der Waals surface area contributed by atoms with Gasteiger partial charge in [-0.25, -0.2) is 0 Å². The molecular formula is C24H21O6Pb. The van der Waals surface area contributed by atoms with Crippen LogP contribution in [0, 0.1) is 0 Å². The predicted molar refractivity (Wildman–Crippen MR) is 115 cm³/mol. The van der Waals surface area contributed by atoms with Crippen LogP contribution in [-0.2, 0) is 25.6 Å². The van der Waals surface area contributed by atoms with Gasteiger partial charge >= 0.3 is 196 Å². The summed E-state index contributed by atoms with van der Waals surface area (Å²) in [4.78, 5) is 50.4. The third-order valence-electron chi connectivity index (χ3n) is 5.56. The summed E-state index contributed by atoms with van der Waals surface area (Å²) in [6.07, 6.45) is 0.797. The van der Waals surface area contributed by atoms with Crippen molar-refractivity contribution in [2.24, 2.45) is 0 Å². The molecule has 1 aromatic rings. The van der Waals surface area contributed by atoms with Crippen LogP contribution in [0.1, 0.15) is 32.3 Å². The first-order chi connectivity index (χ1) is 14.7. The minimum absolute atomic E-state index is 0.00119. The minimum atomic E-state index is -0.812. The molecule has 0 saturated carbocycles. The zero-order valence-corrected chi connectivity index (χ0v) is 21.1. The first kappa shape index (κ1) is 23.1. The molecule has 0 spiro atoms. The molecule has 6 nitrogen and oxygen atoms in total. The topological polar surface area (TPSA) is 109 Å². The normalized spacial score (nSPS) is 18.0. The number of benzene rings is 1. The Hall–Kier alpha value is -2.62. The summed E-state index contributed by atoms with van der Waals surface area (Å²) in [7, 11) is 0. The molecule has 2 N–H and O–H groups in total. The Kier molecular flexibility index (Phi) is 6.88. The molecule has 3 radical (unpaired) electrons. The van der Waals surface area contributed by atoms with Crippen molar-refractivity contribution in [2.45, 2.75) is 37.1 Å². The Morgan fingerprint density at radius 3 is 1.58 bits per heavy atom. The van der Waals surface area contributed by atoms with Gasteiger partial charge in [-0.1, -0.05) is 0 Å². The summed E-state index contributed by atoms with van der Waals surface area (Å²) in [5.74, 6) is -3.98. The van der Waals surface area contributed by atoms with Gasteiger partial charge in [0.1, 0.15) is 0 Å². The molecule has 31 heavy (non-hydrogen) atoms. The van der Waals surface area contributed by atoms with E-state index in [0.717, 1.165) is 31.3 Å². The van der Waals surface area contributed by atoms with Crippen LogP contribution in [0.4, 0.5) is 0 Å². The standard InChI is InChI=1S/C24H21O6.Pb/c1-4-15-17(19(25)12(2)21(27)23(15)29)18-16(11-10-14-8-6-5-7-9-14)24(30)22(28)13(3)20(18)26;/h5-9,25-26H,1,4,10-11H2,2-3H3;. The molecule has 157 valence electrons. The van der Waals surface area contributed by atoms with Gasteiger partial charge in [0.2, 0.25) is 0 Å². The van der Waals surface area contributed by atoms with Crippen LogP contribution >= 0.6 is 0 Å². The Morgan fingerprint density at radius 2 is 1.13 bits per heavy atom. The maximum absolute atomic E-state index is 12.9. The molecule has 0 bridgehead atoms. The van der Waals surface area contributed by atoms with Crippen LogP contribution in [0.5, 0.6) is 0 Å². The van der Waals surface area contributed by atoms with Gasteiger partial charge in [0.05, 0.1) is 0 Å². The number of aryl methyl sites for hydroxylation is 1.